The number of ether oxygens (including phenoxy) is 2. The number of aliphatic hydroxyl groups excluding tert-OH is 7. The number of carbonyl (C=O) groups is 1. The standard InChI is InChI=1S/C12H21ClO13/c13-11(23,8(20)3(16)1-14)12(24,10(21)22)26-9-7(19)6(18)5(17)4(2-15)25-9/h3-9,14-20,23-24H,1-2H2,(H,21,22)/t3-,4?,5?,6?,7?,8-,9?,11+,12-/m1/s1. The largest absolute Gasteiger partial charge is 0.477 e. The van der Waals surface area contributed by atoms with Crippen molar-refractivity contribution in [1.82, 2.24) is 0 Å². The van der Waals surface area contributed by atoms with E-state index in [0.717, 1.165) is 0 Å². The van der Waals surface area contributed by atoms with E-state index >= 15 is 0 Å². The molecule has 9 atom stereocenters. The Bertz CT molecular complexity index is 488. The summed E-state index contributed by atoms with van der Waals surface area (Å²) in [5, 5.41) is 91.6. The summed E-state index contributed by atoms with van der Waals surface area (Å²) >= 11 is 5.44. The molecule has 14 heteroatoms. The van der Waals surface area contributed by atoms with Crippen LogP contribution >= 0.6 is 11.6 Å². The maximum Gasteiger partial charge on any atom is 0.369 e. The van der Waals surface area contributed by atoms with Crippen LogP contribution in [0.2, 0.25) is 0 Å². The van der Waals surface area contributed by atoms with Gasteiger partial charge in [-0.25, -0.2) is 4.79 Å². The third-order valence-electron chi connectivity index (χ3n) is 3.84. The lowest BCUT2D eigenvalue weighted by Gasteiger charge is -2.45. The lowest BCUT2D eigenvalue weighted by atomic mass is 9.97. The zero-order chi connectivity index (χ0) is 20.4. The summed E-state index contributed by atoms with van der Waals surface area (Å²) in [7, 11) is 0. The Morgan fingerprint density at radius 2 is 1.65 bits per heavy atom. The molecule has 13 nitrogen and oxygen atoms in total. The van der Waals surface area contributed by atoms with Gasteiger partial charge >= 0.3 is 11.8 Å². The van der Waals surface area contributed by atoms with Crippen LogP contribution in [0, 0.1) is 0 Å². The monoisotopic (exact) mass is 408 g/mol. The van der Waals surface area contributed by atoms with Crippen molar-refractivity contribution in [3.8, 4) is 0 Å². The van der Waals surface area contributed by atoms with E-state index in [4.69, 9.17) is 31.7 Å². The second-order valence-electron chi connectivity index (χ2n) is 5.63. The summed E-state index contributed by atoms with van der Waals surface area (Å²) in [5.74, 6) is -6.35. The van der Waals surface area contributed by atoms with Crippen LogP contribution in [-0.4, -0.2) is 124 Å². The van der Waals surface area contributed by atoms with Gasteiger partial charge < -0.3 is 60.5 Å². The van der Waals surface area contributed by atoms with Crippen molar-refractivity contribution in [2.24, 2.45) is 0 Å². The van der Waals surface area contributed by atoms with Crippen LogP contribution in [0.25, 0.3) is 0 Å². The number of rotatable bonds is 8. The normalized spacial score (nSPS) is 36.6. The number of hydrogen-bond acceptors (Lipinski definition) is 12. The van der Waals surface area contributed by atoms with Crippen LogP contribution in [0.15, 0.2) is 0 Å². The number of halogens is 1. The molecule has 0 amide bonds. The summed E-state index contributed by atoms with van der Waals surface area (Å²) in [6, 6.07) is 0. The minimum Gasteiger partial charge on any atom is -0.477 e. The molecule has 0 aromatic heterocycles. The molecule has 0 aliphatic carbocycles. The van der Waals surface area contributed by atoms with Crippen LogP contribution < -0.4 is 0 Å². The fourth-order valence-electron chi connectivity index (χ4n) is 2.17. The predicted molar refractivity (Wildman–Crippen MR) is 77.3 cm³/mol. The van der Waals surface area contributed by atoms with Crippen LogP contribution in [0.1, 0.15) is 0 Å². The fourth-order valence-corrected chi connectivity index (χ4v) is 2.44. The average molecular weight is 409 g/mol. The van der Waals surface area contributed by atoms with Gasteiger partial charge in [0.1, 0.15) is 36.6 Å². The number of carboxylic acids is 1. The number of alkyl halides is 1. The molecule has 0 aromatic carbocycles. The van der Waals surface area contributed by atoms with Crippen molar-refractivity contribution in [3.05, 3.63) is 0 Å². The van der Waals surface area contributed by atoms with E-state index in [1.807, 2.05) is 0 Å². The maximum atomic E-state index is 11.4. The molecule has 26 heavy (non-hydrogen) atoms. The molecule has 0 spiro atoms. The van der Waals surface area contributed by atoms with Gasteiger partial charge in [-0.05, 0) is 0 Å². The molecule has 1 aliphatic heterocycles. The minimum absolute atomic E-state index is 0.909. The highest BCUT2D eigenvalue weighted by atomic mass is 35.5. The summed E-state index contributed by atoms with van der Waals surface area (Å²) < 4.78 is 9.37. The van der Waals surface area contributed by atoms with Gasteiger partial charge in [0.25, 0.3) is 0 Å². The molecule has 0 radical (unpaired) electrons. The first-order valence-electron chi connectivity index (χ1n) is 7.17. The fraction of sp³-hybridized carbons (Fsp3) is 0.917. The van der Waals surface area contributed by atoms with Crippen LogP contribution in [-0.2, 0) is 14.3 Å². The maximum absolute atomic E-state index is 11.4. The van der Waals surface area contributed by atoms with Gasteiger partial charge in [-0.3, -0.25) is 0 Å². The number of aliphatic carboxylic acids is 1. The lowest BCUT2D eigenvalue weighted by Crippen LogP contribution is -2.69. The Morgan fingerprint density at radius 1 is 1.12 bits per heavy atom. The van der Waals surface area contributed by atoms with E-state index in [1.165, 1.54) is 0 Å². The summed E-state index contributed by atoms with van der Waals surface area (Å²) in [4.78, 5) is 11.4. The Kier molecular flexibility index (Phi) is 7.69. The first-order valence-corrected chi connectivity index (χ1v) is 7.55. The highest BCUT2D eigenvalue weighted by molar-refractivity contribution is 6.25. The molecule has 5 unspecified atom stereocenters. The molecule has 0 saturated carbocycles. The number of aliphatic hydroxyl groups is 9. The first-order chi connectivity index (χ1) is 11.8. The van der Waals surface area contributed by atoms with Crippen LogP contribution in [0.4, 0.5) is 0 Å². The van der Waals surface area contributed by atoms with Crippen molar-refractivity contribution in [2.75, 3.05) is 13.2 Å². The molecule has 1 aliphatic rings. The average Bonchev–Trinajstić information content (AvgIpc) is 2.60. The van der Waals surface area contributed by atoms with E-state index < -0.39 is 72.9 Å². The summed E-state index contributed by atoms with van der Waals surface area (Å²) in [5.41, 5.74) is 0. The van der Waals surface area contributed by atoms with E-state index in [2.05, 4.69) is 4.74 Å². The Morgan fingerprint density at radius 3 is 2.08 bits per heavy atom. The smallest absolute Gasteiger partial charge is 0.369 e. The molecule has 1 heterocycles. The van der Waals surface area contributed by atoms with Gasteiger partial charge in [-0.15, -0.1) is 0 Å². The Labute approximate surface area is 150 Å². The second-order valence-corrected chi connectivity index (χ2v) is 6.21. The van der Waals surface area contributed by atoms with Gasteiger partial charge in [-0.2, -0.15) is 0 Å². The first kappa shape index (κ1) is 23.4. The molecule has 0 bridgehead atoms. The second kappa shape index (κ2) is 8.55. The molecule has 154 valence electrons. The Hall–Kier alpha value is -0.680. The van der Waals surface area contributed by atoms with E-state index in [0.29, 0.717) is 0 Å². The third kappa shape index (κ3) is 4.09. The zero-order valence-electron chi connectivity index (χ0n) is 13.0. The highest BCUT2D eigenvalue weighted by Crippen LogP contribution is 2.36. The number of carboxylic acid groups (broad SMARTS) is 1. The van der Waals surface area contributed by atoms with Gasteiger partial charge in [0, 0.05) is 0 Å². The SMILES string of the molecule is O=C(O)[C@@](O)(OC1OC(CO)C(O)C(O)C1O)[C@](O)(Cl)[C@H](O)[C@H](O)CO. The molecule has 10 N–H and O–H groups in total. The van der Waals surface area contributed by atoms with Gasteiger partial charge in [-0.1, -0.05) is 11.6 Å². The molecule has 1 rings (SSSR count). The lowest BCUT2D eigenvalue weighted by molar-refractivity contribution is -0.382. The summed E-state index contributed by atoms with van der Waals surface area (Å²) in [6.45, 7) is -2.10. The van der Waals surface area contributed by atoms with Gasteiger partial charge in [0.05, 0.1) is 13.2 Å². The minimum atomic E-state index is -3.95. The molecule has 1 saturated heterocycles. The van der Waals surface area contributed by atoms with Gasteiger partial charge in [0.15, 0.2) is 6.29 Å². The summed E-state index contributed by atoms with van der Waals surface area (Å²) in [6.07, 6.45) is -14.7. The van der Waals surface area contributed by atoms with E-state index in [1.54, 1.807) is 0 Å². The van der Waals surface area contributed by atoms with Crippen molar-refractivity contribution < 1.29 is 65.3 Å². The van der Waals surface area contributed by atoms with E-state index in [9.17, 15) is 40.5 Å². The van der Waals surface area contributed by atoms with Crippen LogP contribution in [0.3, 0.4) is 0 Å². The van der Waals surface area contributed by atoms with Crippen molar-refractivity contribution in [1.29, 1.82) is 0 Å². The van der Waals surface area contributed by atoms with E-state index in [-0.39, 0.29) is 0 Å². The topological polar surface area (TPSA) is 238 Å². The van der Waals surface area contributed by atoms with Crippen molar-refractivity contribution in [3.63, 3.8) is 0 Å². The molecular formula is C12H21ClO13. The van der Waals surface area contributed by atoms with Crippen molar-refractivity contribution >= 4 is 17.6 Å². The number of hydrogen-bond donors (Lipinski definition) is 10. The molecule has 1 fully saturated rings. The zero-order valence-corrected chi connectivity index (χ0v) is 13.8. The molecular weight excluding hydrogens is 388 g/mol. The third-order valence-corrected chi connectivity index (χ3v) is 4.32. The van der Waals surface area contributed by atoms with Crippen LogP contribution in [0.5, 0.6) is 0 Å². The van der Waals surface area contributed by atoms with Crippen molar-refractivity contribution in [2.45, 2.75) is 53.8 Å². The predicted octanol–water partition coefficient (Wildman–Crippen LogP) is -5.78. The van der Waals surface area contributed by atoms with Gasteiger partial charge in [0.2, 0.25) is 5.06 Å². The Balaban J connectivity index is 3.18. The molecule has 0 aromatic rings. The quantitative estimate of drug-likeness (QED) is 0.133. The highest BCUT2D eigenvalue weighted by Gasteiger charge is 2.64.